The second kappa shape index (κ2) is 11.5. The summed E-state index contributed by atoms with van der Waals surface area (Å²) in [6.07, 6.45) is 2.66. The molecule has 0 aromatic carbocycles. The lowest BCUT2D eigenvalue weighted by atomic mass is 9.94. The zero-order valence-electron chi connectivity index (χ0n) is 14.9. The summed E-state index contributed by atoms with van der Waals surface area (Å²) in [5, 5.41) is 6.59. The average Bonchev–Trinajstić information content (AvgIpc) is 2.45. The van der Waals surface area contributed by atoms with Gasteiger partial charge < -0.3 is 15.4 Å². The Morgan fingerprint density at radius 2 is 2.09 bits per heavy atom. The zero-order valence-corrected chi connectivity index (χ0v) is 17.3. The Morgan fingerprint density at radius 3 is 2.68 bits per heavy atom. The van der Waals surface area contributed by atoms with Gasteiger partial charge in [0.1, 0.15) is 0 Å². The van der Waals surface area contributed by atoms with E-state index < -0.39 is 0 Å². The van der Waals surface area contributed by atoms with E-state index in [4.69, 9.17) is 9.73 Å². The molecule has 0 bridgehead atoms. The summed E-state index contributed by atoms with van der Waals surface area (Å²) in [5.41, 5.74) is 0.109. The van der Waals surface area contributed by atoms with Gasteiger partial charge in [-0.05, 0) is 46.1 Å². The first-order valence-electron chi connectivity index (χ1n) is 8.25. The third-order valence-corrected chi connectivity index (χ3v) is 4.08. The lowest BCUT2D eigenvalue weighted by molar-refractivity contribution is 0.0774. The third-order valence-electron chi connectivity index (χ3n) is 4.08. The lowest BCUT2D eigenvalue weighted by Crippen LogP contribution is -2.51. The van der Waals surface area contributed by atoms with Crippen LogP contribution < -0.4 is 10.6 Å². The predicted molar refractivity (Wildman–Crippen MR) is 105 cm³/mol. The van der Waals surface area contributed by atoms with E-state index in [1.165, 1.54) is 25.9 Å². The van der Waals surface area contributed by atoms with Crippen LogP contribution in [-0.2, 0) is 4.74 Å². The molecule has 1 saturated heterocycles. The number of guanidine groups is 1. The van der Waals surface area contributed by atoms with Crippen LogP contribution in [0.3, 0.4) is 0 Å². The van der Waals surface area contributed by atoms with Gasteiger partial charge in [-0.15, -0.1) is 24.0 Å². The van der Waals surface area contributed by atoms with E-state index >= 15 is 0 Å². The molecule has 6 heteroatoms. The second-order valence-corrected chi connectivity index (χ2v) is 6.62. The molecule has 22 heavy (non-hydrogen) atoms. The van der Waals surface area contributed by atoms with Crippen LogP contribution in [0.25, 0.3) is 0 Å². The fraction of sp³-hybridized carbons (Fsp3) is 0.938. The lowest BCUT2D eigenvalue weighted by Gasteiger charge is -2.42. The van der Waals surface area contributed by atoms with Gasteiger partial charge in [0, 0.05) is 32.3 Å². The molecular formula is C16H35IN4O. The molecule has 1 rings (SSSR count). The van der Waals surface area contributed by atoms with E-state index in [9.17, 15) is 0 Å². The van der Waals surface area contributed by atoms with Crippen molar-refractivity contribution in [2.75, 3.05) is 46.4 Å². The predicted octanol–water partition coefficient (Wildman–Crippen LogP) is 2.32. The van der Waals surface area contributed by atoms with Crippen molar-refractivity contribution in [2.45, 2.75) is 46.1 Å². The van der Waals surface area contributed by atoms with Crippen molar-refractivity contribution in [3.8, 4) is 0 Å². The highest BCUT2D eigenvalue weighted by Crippen LogP contribution is 2.23. The molecule has 1 atom stereocenters. The number of likely N-dealkylation sites (tertiary alicyclic amines) is 1. The monoisotopic (exact) mass is 426 g/mol. The van der Waals surface area contributed by atoms with Crippen molar-refractivity contribution >= 4 is 29.9 Å². The van der Waals surface area contributed by atoms with Gasteiger partial charge in [-0.2, -0.15) is 0 Å². The van der Waals surface area contributed by atoms with Crippen molar-refractivity contribution in [1.29, 1.82) is 0 Å². The van der Waals surface area contributed by atoms with E-state index in [-0.39, 0.29) is 29.5 Å². The first-order chi connectivity index (χ1) is 9.99. The van der Waals surface area contributed by atoms with Crippen LogP contribution >= 0.6 is 24.0 Å². The number of hydrogen-bond donors (Lipinski definition) is 2. The average molecular weight is 426 g/mol. The number of nitrogens with one attached hydrogen (secondary N) is 2. The van der Waals surface area contributed by atoms with Gasteiger partial charge >= 0.3 is 0 Å². The minimum absolute atomic E-state index is 0. The molecule has 0 saturated carbocycles. The summed E-state index contributed by atoms with van der Waals surface area (Å²) in [4.78, 5) is 7.34. The number of hydrogen-bond acceptors (Lipinski definition) is 3. The van der Waals surface area contributed by atoms with E-state index in [1.807, 2.05) is 0 Å². The van der Waals surface area contributed by atoms with E-state index in [0.29, 0.717) is 6.61 Å². The summed E-state index contributed by atoms with van der Waals surface area (Å²) in [5.74, 6) is 1.68. The zero-order chi connectivity index (χ0) is 15.7. The van der Waals surface area contributed by atoms with Crippen LogP contribution in [0, 0.1) is 5.92 Å². The van der Waals surface area contributed by atoms with Gasteiger partial charge in [0.15, 0.2) is 5.96 Å². The topological polar surface area (TPSA) is 48.9 Å². The van der Waals surface area contributed by atoms with Gasteiger partial charge in [-0.1, -0.05) is 6.92 Å². The molecule has 5 nitrogen and oxygen atoms in total. The number of ether oxygens (including phenoxy) is 1. The maximum absolute atomic E-state index is 5.07. The SMILES string of the molecule is CCNC(=NCC(C)(C)N1CCCC(C)C1)NCCOC.I. The minimum Gasteiger partial charge on any atom is -0.383 e. The molecule has 0 aromatic heterocycles. The van der Waals surface area contributed by atoms with Crippen molar-refractivity contribution in [3.63, 3.8) is 0 Å². The van der Waals surface area contributed by atoms with Gasteiger partial charge in [0.2, 0.25) is 0 Å². The second-order valence-electron chi connectivity index (χ2n) is 6.62. The quantitative estimate of drug-likeness (QED) is 0.284. The molecule has 0 spiro atoms. The van der Waals surface area contributed by atoms with Gasteiger partial charge in [0.25, 0.3) is 0 Å². The standard InChI is InChI=1S/C16H34N4O.HI/c1-6-17-15(18-9-11-21-5)19-13-16(3,4)20-10-7-8-14(2)12-20;/h14H,6-13H2,1-5H3,(H2,17,18,19);1H. The number of rotatable bonds is 7. The van der Waals surface area contributed by atoms with Gasteiger partial charge in [-0.25, -0.2) is 0 Å². The molecule has 1 heterocycles. The highest BCUT2D eigenvalue weighted by atomic mass is 127. The van der Waals surface area contributed by atoms with Crippen LogP contribution in [0.5, 0.6) is 0 Å². The molecule has 1 aliphatic heterocycles. The van der Waals surface area contributed by atoms with Gasteiger partial charge in [0.05, 0.1) is 13.2 Å². The third kappa shape index (κ3) is 7.97. The van der Waals surface area contributed by atoms with Crippen LogP contribution in [0.2, 0.25) is 0 Å². The number of nitrogens with zero attached hydrogens (tertiary/aromatic N) is 2. The van der Waals surface area contributed by atoms with Crippen LogP contribution in [0.4, 0.5) is 0 Å². The Bertz CT molecular complexity index is 323. The molecule has 1 aliphatic rings. The summed E-state index contributed by atoms with van der Waals surface area (Å²) in [6.45, 7) is 14.6. The molecule has 0 aromatic rings. The highest BCUT2D eigenvalue weighted by molar-refractivity contribution is 14.0. The van der Waals surface area contributed by atoms with Crippen LogP contribution in [0.15, 0.2) is 4.99 Å². The largest absolute Gasteiger partial charge is 0.383 e. The van der Waals surface area contributed by atoms with E-state index in [0.717, 1.165) is 31.5 Å². The normalized spacial score (nSPS) is 20.4. The van der Waals surface area contributed by atoms with Crippen molar-refractivity contribution in [2.24, 2.45) is 10.9 Å². The summed E-state index contributed by atoms with van der Waals surface area (Å²) >= 11 is 0. The number of methoxy groups -OCH3 is 1. The maximum atomic E-state index is 5.07. The number of halogens is 1. The Kier molecular flexibility index (Phi) is 11.4. The Morgan fingerprint density at radius 1 is 1.36 bits per heavy atom. The van der Waals surface area contributed by atoms with Crippen LogP contribution in [-0.4, -0.2) is 62.8 Å². The first-order valence-corrected chi connectivity index (χ1v) is 8.25. The maximum Gasteiger partial charge on any atom is 0.191 e. The Balaban J connectivity index is 0.00000441. The van der Waals surface area contributed by atoms with E-state index in [1.54, 1.807) is 7.11 Å². The smallest absolute Gasteiger partial charge is 0.191 e. The molecule has 132 valence electrons. The molecule has 0 aliphatic carbocycles. The molecule has 0 radical (unpaired) electrons. The van der Waals surface area contributed by atoms with Gasteiger partial charge in [-0.3, -0.25) is 9.89 Å². The Labute approximate surface area is 153 Å². The summed E-state index contributed by atoms with van der Waals surface area (Å²) < 4.78 is 5.07. The number of piperidine rings is 1. The van der Waals surface area contributed by atoms with E-state index in [2.05, 4.69) is 43.2 Å². The minimum atomic E-state index is 0. The molecule has 2 N–H and O–H groups in total. The molecular weight excluding hydrogens is 391 g/mol. The van der Waals surface area contributed by atoms with Crippen LogP contribution in [0.1, 0.15) is 40.5 Å². The fourth-order valence-corrected chi connectivity index (χ4v) is 2.72. The first kappa shape index (κ1) is 21.9. The van der Waals surface area contributed by atoms with Crippen molar-refractivity contribution < 1.29 is 4.74 Å². The van der Waals surface area contributed by atoms with Crippen molar-refractivity contribution in [3.05, 3.63) is 0 Å². The molecule has 0 amide bonds. The molecule has 1 unspecified atom stereocenters. The fourth-order valence-electron chi connectivity index (χ4n) is 2.72. The summed E-state index contributed by atoms with van der Waals surface area (Å²) in [6, 6.07) is 0. The highest BCUT2D eigenvalue weighted by Gasteiger charge is 2.29. The Hall–Kier alpha value is -0.0800. The molecule has 1 fully saturated rings. The summed E-state index contributed by atoms with van der Waals surface area (Å²) in [7, 11) is 1.71. The van der Waals surface area contributed by atoms with Crippen molar-refractivity contribution in [1.82, 2.24) is 15.5 Å². The number of aliphatic imine (C=N–C) groups is 1.